The molecule has 0 spiro atoms. The van der Waals surface area contributed by atoms with Crippen molar-refractivity contribution < 1.29 is 27.5 Å². The lowest BCUT2D eigenvalue weighted by Gasteiger charge is -2.30. The Balaban J connectivity index is 1.72. The Labute approximate surface area is 137 Å². The summed E-state index contributed by atoms with van der Waals surface area (Å²) < 4.78 is 50.8. The predicted molar refractivity (Wildman–Crippen MR) is 79.7 cm³/mol. The highest BCUT2D eigenvalue weighted by molar-refractivity contribution is 5.74. The molecular formula is C16H20F4N2O2. The smallest absolute Gasteiger partial charge is 0.387 e. The molecule has 1 saturated carbocycles. The minimum absolute atomic E-state index is 0.000361. The van der Waals surface area contributed by atoms with Crippen molar-refractivity contribution in [2.75, 3.05) is 6.54 Å². The summed E-state index contributed by atoms with van der Waals surface area (Å²) in [5.74, 6) is -1.79. The van der Waals surface area contributed by atoms with E-state index in [0.717, 1.165) is 0 Å². The second kappa shape index (κ2) is 7.83. The SMILES string of the molecule is O=C(NC[C@H](O)c1cccc(F)c1)NC1CCC(C(F)(F)F)CC1. The summed E-state index contributed by atoms with van der Waals surface area (Å²) in [5, 5.41) is 14.9. The second-order valence-electron chi connectivity index (χ2n) is 6.02. The number of nitrogens with one attached hydrogen (secondary N) is 2. The first-order valence-corrected chi connectivity index (χ1v) is 7.80. The van der Waals surface area contributed by atoms with Crippen molar-refractivity contribution in [3.05, 3.63) is 35.6 Å². The van der Waals surface area contributed by atoms with E-state index in [0.29, 0.717) is 5.56 Å². The fraction of sp³-hybridized carbons (Fsp3) is 0.562. The van der Waals surface area contributed by atoms with E-state index in [1.807, 2.05) is 0 Å². The second-order valence-corrected chi connectivity index (χ2v) is 6.02. The van der Waals surface area contributed by atoms with Crippen LogP contribution in [-0.2, 0) is 0 Å². The number of hydrogen-bond donors (Lipinski definition) is 3. The highest BCUT2D eigenvalue weighted by Crippen LogP contribution is 2.37. The number of aliphatic hydroxyl groups is 1. The third-order valence-electron chi connectivity index (χ3n) is 4.21. The van der Waals surface area contributed by atoms with E-state index in [1.54, 1.807) is 0 Å². The van der Waals surface area contributed by atoms with Crippen LogP contribution in [0.1, 0.15) is 37.4 Å². The van der Waals surface area contributed by atoms with E-state index in [9.17, 15) is 27.5 Å². The number of alkyl halides is 3. The van der Waals surface area contributed by atoms with Gasteiger partial charge in [-0.1, -0.05) is 12.1 Å². The molecule has 1 atom stereocenters. The molecule has 2 rings (SSSR count). The largest absolute Gasteiger partial charge is 0.391 e. The average Bonchev–Trinajstić information content (AvgIpc) is 2.52. The zero-order chi connectivity index (χ0) is 17.7. The minimum atomic E-state index is -4.18. The Morgan fingerprint density at radius 2 is 1.92 bits per heavy atom. The Morgan fingerprint density at radius 3 is 2.50 bits per heavy atom. The van der Waals surface area contributed by atoms with Gasteiger partial charge in [-0.15, -0.1) is 0 Å². The predicted octanol–water partition coefficient (Wildman–Crippen LogP) is 3.28. The fourth-order valence-corrected chi connectivity index (χ4v) is 2.82. The van der Waals surface area contributed by atoms with E-state index in [2.05, 4.69) is 10.6 Å². The number of carbonyl (C=O) groups is 1. The van der Waals surface area contributed by atoms with Crippen molar-refractivity contribution in [1.82, 2.24) is 10.6 Å². The summed E-state index contributed by atoms with van der Waals surface area (Å²) in [7, 11) is 0. The zero-order valence-corrected chi connectivity index (χ0v) is 12.9. The normalized spacial score (nSPS) is 22.7. The first-order valence-electron chi connectivity index (χ1n) is 7.80. The third kappa shape index (κ3) is 5.36. The van der Waals surface area contributed by atoms with Gasteiger partial charge in [0.05, 0.1) is 12.0 Å². The number of benzene rings is 1. The third-order valence-corrected chi connectivity index (χ3v) is 4.21. The fourth-order valence-electron chi connectivity index (χ4n) is 2.82. The molecule has 0 aliphatic heterocycles. The van der Waals surface area contributed by atoms with Gasteiger partial charge in [0.25, 0.3) is 0 Å². The van der Waals surface area contributed by atoms with Crippen molar-refractivity contribution >= 4 is 6.03 Å². The summed E-state index contributed by atoms with van der Waals surface area (Å²) in [6.45, 7) is -0.118. The van der Waals surface area contributed by atoms with Crippen LogP contribution in [-0.4, -0.2) is 29.9 Å². The van der Waals surface area contributed by atoms with E-state index in [1.165, 1.54) is 24.3 Å². The van der Waals surface area contributed by atoms with Gasteiger partial charge in [0.2, 0.25) is 0 Å². The van der Waals surface area contributed by atoms with Crippen LogP contribution < -0.4 is 10.6 Å². The average molecular weight is 348 g/mol. The summed E-state index contributed by atoms with van der Waals surface area (Å²) >= 11 is 0. The number of rotatable bonds is 4. The Bertz CT molecular complexity index is 557. The quantitative estimate of drug-likeness (QED) is 0.732. The molecule has 0 heterocycles. The number of halogens is 4. The van der Waals surface area contributed by atoms with E-state index >= 15 is 0 Å². The van der Waals surface area contributed by atoms with Crippen LogP contribution >= 0.6 is 0 Å². The van der Waals surface area contributed by atoms with E-state index < -0.39 is 30.0 Å². The van der Waals surface area contributed by atoms with Gasteiger partial charge in [0, 0.05) is 12.6 Å². The van der Waals surface area contributed by atoms with Crippen molar-refractivity contribution in [2.45, 2.75) is 44.0 Å². The van der Waals surface area contributed by atoms with Crippen LogP contribution in [0.3, 0.4) is 0 Å². The number of aliphatic hydroxyl groups excluding tert-OH is 1. The molecule has 0 bridgehead atoms. The number of hydrogen-bond acceptors (Lipinski definition) is 2. The van der Waals surface area contributed by atoms with Gasteiger partial charge in [-0.2, -0.15) is 13.2 Å². The van der Waals surface area contributed by atoms with Gasteiger partial charge in [-0.05, 0) is 43.4 Å². The van der Waals surface area contributed by atoms with Gasteiger partial charge in [0.15, 0.2) is 0 Å². The van der Waals surface area contributed by atoms with Gasteiger partial charge in [-0.3, -0.25) is 0 Å². The Morgan fingerprint density at radius 1 is 1.25 bits per heavy atom. The molecule has 1 fully saturated rings. The topological polar surface area (TPSA) is 61.4 Å². The molecule has 1 aliphatic rings. The summed E-state index contributed by atoms with van der Waals surface area (Å²) in [6, 6.07) is 4.53. The minimum Gasteiger partial charge on any atom is -0.387 e. The van der Waals surface area contributed by atoms with E-state index in [4.69, 9.17) is 0 Å². The first kappa shape index (κ1) is 18.5. The number of amides is 2. The molecule has 1 aromatic carbocycles. The highest BCUT2D eigenvalue weighted by Gasteiger charge is 2.41. The maximum atomic E-state index is 13.1. The molecule has 0 radical (unpaired) electrons. The van der Waals surface area contributed by atoms with Gasteiger partial charge in [0.1, 0.15) is 5.82 Å². The summed E-state index contributed by atoms with van der Waals surface area (Å²) in [5.41, 5.74) is 0.334. The van der Waals surface area contributed by atoms with E-state index in [-0.39, 0.29) is 38.3 Å². The standard InChI is InChI=1S/C16H20F4N2O2/c17-12-3-1-2-10(8-12)14(23)9-21-15(24)22-13-6-4-11(5-7-13)16(18,19)20/h1-3,8,11,13-14,23H,4-7,9H2,(H2,21,22,24)/t11?,13?,14-/m0/s1. The van der Waals surface area contributed by atoms with Gasteiger partial charge < -0.3 is 15.7 Å². The zero-order valence-electron chi connectivity index (χ0n) is 12.9. The van der Waals surface area contributed by atoms with Crippen LogP contribution in [0.25, 0.3) is 0 Å². The lowest BCUT2D eigenvalue weighted by molar-refractivity contribution is -0.182. The van der Waals surface area contributed by atoms with Crippen molar-refractivity contribution in [2.24, 2.45) is 5.92 Å². The van der Waals surface area contributed by atoms with Crippen molar-refractivity contribution in [3.8, 4) is 0 Å². The maximum Gasteiger partial charge on any atom is 0.391 e. The van der Waals surface area contributed by atoms with Crippen LogP contribution in [0, 0.1) is 11.7 Å². The molecule has 1 aliphatic carbocycles. The lowest BCUT2D eigenvalue weighted by Crippen LogP contribution is -2.45. The van der Waals surface area contributed by atoms with Crippen LogP contribution in [0.4, 0.5) is 22.4 Å². The van der Waals surface area contributed by atoms with Crippen LogP contribution in [0.15, 0.2) is 24.3 Å². The number of urea groups is 1. The Kier molecular flexibility index (Phi) is 6.04. The highest BCUT2D eigenvalue weighted by atomic mass is 19.4. The molecule has 4 nitrogen and oxygen atoms in total. The van der Waals surface area contributed by atoms with Crippen molar-refractivity contribution in [3.63, 3.8) is 0 Å². The molecule has 1 aromatic rings. The lowest BCUT2D eigenvalue weighted by atomic mass is 9.86. The molecule has 0 aromatic heterocycles. The molecule has 0 unspecified atom stereocenters. The van der Waals surface area contributed by atoms with Crippen LogP contribution in [0.2, 0.25) is 0 Å². The molecule has 3 N–H and O–H groups in total. The van der Waals surface area contributed by atoms with Crippen LogP contribution in [0.5, 0.6) is 0 Å². The molecule has 134 valence electrons. The molecule has 0 saturated heterocycles. The van der Waals surface area contributed by atoms with Gasteiger partial charge in [-0.25, -0.2) is 9.18 Å². The molecule has 2 amide bonds. The van der Waals surface area contributed by atoms with Crippen molar-refractivity contribution in [1.29, 1.82) is 0 Å². The Hall–Kier alpha value is -1.83. The number of carbonyl (C=O) groups excluding carboxylic acids is 1. The summed E-state index contributed by atoms with van der Waals surface area (Å²) in [6.07, 6.45) is -4.70. The monoisotopic (exact) mass is 348 g/mol. The van der Waals surface area contributed by atoms with Gasteiger partial charge >= 0.3 is 12.2 Å². The molecule has 24 heavy (non-hydrogen) atoms. The summed E-state index contributed by atoms with van der Waals surface area (Å²) in [4.78, 5) is 11.8. The maximum absolute atomic E-state index is 13.1. The first-order chi connectivity index (χ1) is 11.3. The molecular weight excluding hydrogens is 328 g/mol. The molecule has 8 heteroatoms.